The number of ether oxygens (including phenoxy) is 3. The second-order valence-electron chi connectivity index (χ2n) is 5.67. The monoisotopic (exact) mass is 382 g/mol. The number of carbonyl (C=O) groups is 3. The Kier molecular flexibility index (Phi) is 8.18. The van der Waals surface area contributed by atoms with Gasteiger partial charge in [0, 0.05) is 12.1 Å². The summed E-state index contributed by atoms with van der Waals surface area (Å²) in [5.74, 6) is -2.40. The van der Waals surface area contributed by atoms with Gasteiger partial charge >= 0.3 is 11.9 Å². The molecule has 2 atom stereocenters. The van der Waals surface area contributed by atoms with Crippen molar-refractivity contribution in [3.63, 3.8) is 0 Å². The zero-order valence-electron chi connectivity index (χ0n) is 15.5. The molecule has 1 aromatic carbocycles. The van der Waals surface area contributed by atoms with Crippen molar-refractivity contribution in [2.24, 2.45) is 5.92 Å². The smallest absolute Gasteiger partial charge is 0.342 e. The molecule has 1 N–H and O–H groups in total. The average molecular weight is 382 g/mol. The van der Waals surface area contributed by atoms with Gasteiger partial charge in [-0.1, -0.05) is 20.3 Å². The number of nitro groups is 1. The van der Waals surface area contributed by atoms with E-state index >= 15 is 0 Å². The summed E-state index contributed by atoms with van der Waals surface area (Å²) in [6, 6.07) is 2.55. The lowest BCUT2D eigenvalue weighted by Crippen LogP contribution is -2.47. The third kappa shape index (κ3) is 5.94. The van der Waals surface area contributed by atoms with Crippen LogP contribution in [0.1, 0.15) is 30.6 Å². The first-order chi connectivity index (χ1) is 12.7. The first-order valence-electron chi connectivity index (χ1n) is 8.11. The molecule has 10 nitrogen and oxygen atoms in total. The van der Waals surface area contributed by atoms with E-state index in [2.05, 4.69) is 10.1 Å². The molecule has 1 rings (SSSR count). The van der Waals surface area contributed by atoms with Gasteiger partial charge in [-0.3, -0.25) is 14.9 Å². The van der Waals surface area contributed by atoms with Crippen LogP contribution < -0.4 is 10.1 Å². The van der Waals surface area contributed by atoms with Crippen molar-refractivity contribution in [3.8, 4) is 5.75 Å². The van der Waals surface area contributed by atoms with Crippen LogP contribution in [-0.4, -0.2) is 49.6 Å². The first kappa shape index (κ1) is 21.9. The lowest BCUT2D eigenvalue weighted by Gasteiger charge is -2.21. The topological polar surface area (TPSA) is 134 Å². The van der Waals surface area contributed by atoms with Gasteiger partial charge in [-0.2, -0.15) is 0 Å². The third-order valence-corrected chi connectivity index (χ3v) is 3.93. The van der Waals surface area contributed by atoms with E-state index < -0.39 is 35.4 Å². The molecule has 0 aliphatic heterocycles. The summed E-state index contributed by atoms with van der Waals surface area (Å²) in [5.41, 5.74) is -0.513. The molecule has 1 aromatic rings. The largest absolute Gasteiger partial charge is 0.496 e. The Hall–Kier alpha value is -3.17. The molecule has 10 heteroatoms. The third-order valence-electron chi connectivity index (χ3n) is 3.93. The molecule has 27 heavy (non-hydrogen) atoms. The highest BCUT2D eigenvalue weighted by atomic mass is 16.6. The van der Waals surface area contributed by atoms with Gasteiger partial charge in [-0.05, 0) is 12.0 Å². The molecule has 0 radical (unpaired) electrons. The zero-order valence-corrected chi connectivity index (χ0v) is 15.5. The lowest BCUT2D eigenvalue weighted by molar-refractivity contribution is -0.384. The Morgan fingerprint density at radius 1 is 1.26 bits per heavy atom. The van der Waals surface area contributed by atoms with Crippen LogP contribution in [0.3, 0.4) is 0 Å². The van der Waals surface area contributed by atoms with E-state index in [1.54, 1.807) is 6.92 Å². The maximum atomic E-state index is 12.2. The molecule has 0 heterocycles. The van der Waals surface area contributed by atoms with Crippen molar-refractivity contribution in [3.05, 3.63) is 33.9 Å². The van der Waals surface area contributed by atoms with Crippen LogP contribution in [0.15, 0.2) is 18.2 Å². The van der Waals surface area contributed by atoms with Crippen LogP contribution in [-0.2, 0) is 19.1 Å². The van der Waals surface area contributed by atoms with Gasteiger partial charge in [0.15, 0.2) is 6.61 Å². The molecule has 0 aliphatic rings. The van der Waals surface area contributed by atoms with Crippen LogP contribution in [0.4, 0.5) is 5.69 Å². The van der Waals surface area contributed by atoms with Gasteiger partial charge in [-0.15, -0.1) is 0 Å². The summed E-state index contributed by atoms with van der Waals surface area (Å²) in [4.78, 5) is 46.1. The van der Waals surface area contributed by atoms with Gasteiger partial charge in [0.25, 0.3) is 11.6 Å². The van der Waals surface area contributed by atoms with E-state index in [-0.39, 0.29) is 22.9 Å². The number of hydrogen-bond donors (Lipinski definition) is 1. The first-order valence-corrected chi connectivity index (χ1v) is 8.11. The number of carbonyl (C=O) groups excluding carboxylic acids is 3. The molecule has 0 saturated carbocycles. The molecule has 0 aliphatic carbocycles. The quantitative estimate of drug-likeness (QED) is 0.385. The molecular weight excluding hydrogens is 360 g/mol. The average Bonchev–Trinajstić information content (AvgIpc) is 2.68. The van der Waals surface area contributed by atoms with Crippen molar-refractivity contribution in [1.82, 2.24) is 5.32 Å². The molecule has 148 valence electrons. The molecule has 0 fully saturated rings. The fourth-order valence-corrected chi connectivity index (χ4v) is 2.19. The summed E-state index contributed by atoms with van der Waals surface area (Å²) >= 11 is 0. The number of nitro benzene ring substituents is 1. The number of methoxy groups -OCH3 is 2. The van der Waals surface area contributed by atoms with Gasteiger partial charge in [0.1, 0.15) is 17.4 Å². The number of hydrogen-bond acceptors (Lipinski definition) is 8. The Morgan fingerprint density at radius 3 is 2.44 bits per heavy atom. The van der Waals surface area contributed by atoms with Crippen LogP contribution in [0, 0.1) is 16.0 Å². The second-order valence-corrected chi connectivity index (χ2v) is 5.67. The van der Waals surface area contributed by atoms with Crippen LogP contribution >= 0.6 is 0 Å². The predicted octanol–water partition coefficient (Wildman–Crippen LogP) is 1.46. The van der Waals surface area contributed by atoms with E-state index in [1.165, 1.54) is 26.4 Å². The summed E-state index contributed by atoms with van der Waals surface area (Å²) in [7, 11) is 2.50. The van der Waals surface area contributed by atoms with Crippen molar-refractivity contribution in [2.75, 3.05) is 20.8 Å². The van der Waals surface area contributed by atoms with E-state index in [0.29, 0.717) is 6.42 Å². The van der Waals surface area contributed by atoms with Crippen molar-refractivity contribution in [2.45, 2.75) is 26.3 Å². The molecule has 1 amide bonds. The summed E-state index contributed by atoms with van der Waals surface area (Å²) in [5, 5.41) is 13.3. The Bertz CT molecular complexity index is 719. The lowest BCUT2D eigenvalue weighted by atomic mass is 9.99. The summed E-state index contributed by atoms with van der Waals surface area (Å²) in [6.07, 6.45) is 0.616. The standard InChI is InChI=1S/C17H22N2O8/c1-5-10(2)15(17(22)26-4)18-14(20)9-27-16(21)12-8-11(19(23)24)6-7-13(12)25-3/h6-8,10,15H,5,9H2,1-4H3,(H,18,20)/t10-,15-/m1/s1. The Labute approximate surface area is 155 Å². The Morgan fingerprint density at radius 2 is 1.93 bits per heavy atom. The van der Waals surface area contributed by atoms with Gasteiger partial charge in [0.05, 0.1) is 19.1 Å². The van der Waals surface area contributed by atoms with E-state index in [1.807, 2.05) is 6.92 Å². The molecular formula is C17H22N2O8. The maximum Gasteiger partial charge on any atom is 0.342 e. The molecule has 0 unspecified atom stereocenters. The number of benzene rings is 1. The molecule has 0 aromatic heterocycles. The van der Waals surface area contributed by atoms with Crippen molar-refractivity contribution < 1.29 is 33.5 Å². The highest BCUT2D eigenvalue weighted by molar-refractivity contribution is 5.95. The van der Waals surface area contributed by atoms with Gasteiger partial charge in [0.2, 0.25) is 0 Å². The normalized spacial score (nSPS) is 12.4. The molecule has 0 spiro atoms. The molecule has 0 bridgehead atoms. The van der Waals surface area contributed by atoms with Gasteiger partial charge in [-0.25, -0.2) is 9.59 Å². The number of non-ortho nitro benzene ring substituents is 1. The number of amides is 1. The number of nitrogens with zero attached hydrogens (tertiary/aromatic N) is 1. The minimum Gasteiger partial charge on any atom is -0.496 e. The SMILES string of the molecule is CC[C@@H](C)[C@@H](NC(=O)COC(=O)c1cc([N+](=O)[O-])ccc1OC)C(=O)OC. The zero-order chi connectivity index (χ0) is 20.6. The van der Waals surface area contributed by atoms with Crippen LogP contribution in [0.25, 0.3) is 0 Å². The highest BCUT2D eigenvalue weighted by Gasteiger charge is 2.27. The maximum absolute atomic E-state index is 12.2. The second kappa shape index (κ2) is 10.1. The van der Waals surface area contributed by atoms with E-state index in [0.717, 1.165) is 6.07 Å². The fraction of sp³-hybridized carbons (Fsp3) is 0.471. The Balaban J connectivity index is 2.81. The number of rotatable bonds is 9. The van der Waals surface area contributed by atoms with Crippen LogP contribution in [0.2, 0.25) is 0 Å². The summed E-state index contributed by atoms with van der Waals surface area (Å²) < 4.78 is 14.5. The minimum absolute atomic E-state index is 0.0676. The van der Waals surface area contributed by atoms with E-state index in [9.17, 15) is 24.5 Å². The fourth-order valence-electron chi connectivity index (χ4n) is 2.19. The minimum atomic E-state index is -0.969. The van der Waals surface area contributed by atoms with Crippen LogP contribution in [0.5, 0.6) is 5.75 Å². The summed E-state index contributed by atoms with van der Waals surface area (Å²) in [6.45, 7) is 2.94. The predicted molar refractivity (Wildman–Crippen MR) is 93.3 cm³/mol. The number of esters is 2. The van der Waals surface area contributed by atoms with Gasteiger partial charge < -0.3 is 19.5 Å². The van der Waals surface area contributed by atoms with E-state index in [4.69, 9.17) is 9.47 Å². The van der Waals surface area contributed by atoms with Crippen molar-refractivity contribution in [1.29, 1.82) is 0 Å². The molecule has 0 saturated heterocycles. The van der Waals surface area contributed by atoms with Crippen molar-refractivity contribution >= 4 is 23.5 Å². The highest BCUT2D eigenvalue weighted by Crippen LogP contribution is 2.24. The number of nitrogens with one attached hydrogen (secondary N) is 1.